The third-order valence-corrected chi connectivity index (χ3v) is 6.98. The van der Waals surface area contributed by atoms with Gasteiger partial charge in [-0.05, 0) is 36.8 Å². The highest BCUT2D eigenvalue weighted by Crippen LogP contribution is 2.36. The van der Waals surface area contributed by atoms with Crippen LogP contribution in [0.15, 0.2) is 101 Å². The Balaban J connectivity index is 1.74. The summed E-state index contributed by atoms with van der Waals surface area (Å²) in [5.41, 5.74) is 2.12. The predicted octanol–water partition coefficient (Wildman–Crippen LogP) is 4.53. The molecule has 142 valence electrons. The van der Waals surface area contributed by atoms with E-state index in [9.17, 15) is 8.42 Å². The van der Waals surface area contributed by atoms with E-state index in [4.69, 9.17) is 5.10 Å². The Morgan fingerprint density at radius 1 is 0.857 bits per heavy atom. The molecule has 1 aliphatic rings. The maximum Gasteiger partial charge on any atom is 0.180 e. The van der Waals surface area contributed by atoms with E-state index in [1.807, 2.05) is 78.7 Å². The number of nitrogens with zero attached hydrogens (tertiary/aromatic N) is 2. The quantitative estimate of drug-likeness (QED) is 0.643. The Labute approximate surface area is 166 Å². The zero-order chi connectivity index (χ0) is 19.6. The molecule has 1 aliphatic heterocycles. The van der Waals surface area contributed by atoms with Crippen molar-refractivity contribution in [3.05, 3.63) is 96.6 Å². The summed E-state index contributed by atoms with van der Waals surface area (Å²) in [6.07, 6.45) is 0.554. The number of hydrogen-bond acceptors (Lipinski definition) is 4. The first-order valence-electron chi connectivity index (χ1n) is 9.24. The minimum atomic E-state index is -3.46. The fourth-order valence-corrected chi connectivity index (χ4v) is 5.46. The molecule has 0 saturated heterocycles. The van der Waals surface area contributed by atoms with Crippen LogP contribution in [0.4, 0.5) is 5.69 Å². The molecule has 0 amide bonds. The van der Waals surface area contributed by atoms with Crippen LogP contribution in [-0.2, 0) is 9.84 Å². The molecular formula is C23H22N2O2S. The smallest absolute Gasteiger partial charge is 0.180 e. The molecular weight excluding hydrogens is 368 g/mol. The summed E-state index contributed by atoms with van der Waals surface area (Å²) in [7, 11) is -3.46. The molecule has 3 aromatic rings. The Kier molecular flexibility index (Phi) is 4.77. The average molecular weight is 391 g/mol. The van der Waals surface area contributed by atoms with E-state index in [0.29, 0.717) is 11.3 Å². The lowest BCUT2D eigenvalue weighted by molar-refractivity contribution is 0.502. The molecule has 4 rings (SSSR count). The van der Waals surface area contributed by atoms with Crippen LogP contribution in [0, 0.1) is 0 Å². The van der Waals surface area contributed by atoms with Crippen LogP contribution in [0.25, 0.3) is 0 Å². The molecule has 1 heterocycles. The van der Waals surface area contributed by atoms with Crippen LogP contribution >= 0.6 is 0 Å². The fraction of sp³-hybridized carbons (Fsp3) is 0.174. The molecule has 3 aromatic carbocycles. The van der Waals surface area contributed by atoms with Gasteiger partial charge in [0.15, 0.2) is 9.84 Å². The first-order valence-corrected chi connectivity index (χ1v) is 10.9. The Hall–Kier alpha value is -2.92. The molecule has 28 heavy (non-hydrogen) atoms. The van der Waals surface area contributed by atoms with Crippen molar-refractivity contribution in [1.82, 2.24) is 0 Å². The van der Waals surface area contributed by atoms with Gasteiger partial charge in [-0.2, -0.15) is 5.10 Å². The molecule has 0 saturated carbocycles. The van der Waals surface area contributed by atoms with E-state index in [2.05, 4.69) is 0 Å². The van der Waals surface area contributed by atoms with Crippen molar-refractivity contribution in [2.24, 2.45) is 5.10 Å². The van der Waals surface area contributed by atoms with Crippen molar-refractivity contribution in [2.45, 2.75) is 23.8 Å². The Bertz CT molecular complexity index is 1080. The summed E-state index contributed by atoms with van der Waals surface area (Å²) in [6.45, 7) is 1.97. The van der Waals surface area contributed by atoms with E-state index in [1.165, 1.54) is 0 Å². The summed E-state index contributed by atoms with van der Waals surface area (Å²) in [5, 5.41) is 6.72. The van der Waals surface area contributed by atoms with Crippen LogP contribution in [-0.4, -0.2) is 25.4 Å². The van der Waals surface area contributed by atoms with Crippen LogP contribution < -0.4 is 5.01 Å². The molecule has 1 unspecified atom stereocenters. The molecule has 4 nitrogen and oxygen atoms in total. The number of sulfone groups is 1. The van der Waals surface area contributed by atoms with Gasteiger partial charge in [-0.1, -0.05) is 66.7 Å². The number of rotatable bonds is 5. The zero-order valence-electron chi connectivity index (χ0n) is 15.7. The topological polar surface area (TPSA) is 49.7 Å². The van der Waals surface area contributed by atoms with Gasteiger partial charge in [0.1, 0.15) is 0 Å². The fourth-order valence-electron chi connectivity index (χ4n) is 3.67. The monoisotopic (exact) mass is 390 g/mol. The van der Waals surface area contributed by atoms with Gasteiger partial charge in [-0.15, -0.1) is 0 Å². The van der Waals surface area contributed by atoms with Crippen molar-refractivity contribution in [3.8, 4) is 0 Å². The van der Waals surface area contributed by atoms with Crippen LogP contribution in [0.3, 0.4) is 0 Å². The summed E-state index contributed by atoms with van der Waals surface area (Å²) < 4.78 is 26.3. The van der Waals surface area contributed by atoms with E-state index >= 15 is 0 Å². The van der Waals surface area contributed by atoms with Crippen molar-refractivity contribution in [2.75, 3.05) is 10.8 Å². The molecule has 5 heteroatoms. The van der Waals surface area contributed by atoms with Crippen molar-refractivity contribution in [1.29, 1.82) is 0 Å². The lowest BCUT2D eigenvalue weighted by atomic mass is 9.94. The number of benzene rings is 3. The highest BCUT2D eigenvalue weighted by Gasteiger charge is 2.43. The molecule has 0 fully saturated rings. The number of anilines is 1. The van der Waals surface area contributed by atoms with E-state index < -0.39 is 15.4 Å². The normalized spacial score (nSPS) is 19.5. The lowest BCUT2D eigenvalue weighted by Crippen LogP contribution is -2.46. The second kappa shape index (κ2) is 7.24. The van der Waals surface area contributed by atoms with Gasteiger partial charge >= 0.3 is 0 Å². The Morgan fingerprint density at radius 2 is 1.39 bits per heavy atom. The summed E-state index contributed by atoms with van der Waals surface area (Å²) >= 11 is 0. The van der Waals surface area contributed by atoms with E-state index in [0.717, 1.165) is 17.0 Å². The summed E-state index contributed by atoms with van der Waals surface area (Å²) in [6, 6.07) is 28.3. The third-order valence-electron chi connectivity index (χ3n) is 4.99. The summed E-state index contributed by atoms with van der Waals surface area (Å²) in [4.78, 5) is 0.345. The molecule has 0 radical (unpaired) electrons. The maximum absolute atomic E-state index is 13.1. The second-order valence-electron chi connectivity index (χ2n) is 7.31. The van der Waals surface area contributed by atoms with Crippen LogP contribution in [0.2, 0.25) is 0 Å². The van der Waals surface area contributed by atoms with Gasteiger partial charge in [-0.25, -0.2) is 8.42 Å². The maximum atomic E-state index is 13.1. The highest BCUT2D eigenvalue weighted by molar-refractivity contribution is 7.91. The van der Waals surface area contributed by atoms with Gasteiger partial charge in [0.2, 0.25) is 0 Å². The highest BCUT2D eigenvalue weighted by atomic mass is 32.2. The van der Waals surface area contributed by atoms with E-state index in [1.54, 1.807) is 24.3 Å². The standard InChI is InChI=1S/C23H22N2O2S/c1-23(18-28(26,27)21-15-9-4-10-16-21)17-22(19-11-5-2-6-12-19)24-25(23)20-13-7-3-8-14-20/h2-16H,17-18H2,1H3. The largest absolute Gasteiger partial charge is 0.258 e. The first kappa shape index (κ1) is 18.4. The molecule has 0 N–H and O–H groups in total. The zero-order valence-corrected chi connectivity index (χ0v) is 16.5. The van der Waals surface area contributed by atoms with Crippen molar-refractivity contribution < 1.29 is 8.42 Å². The Morgan fingerprint density at radius 3 is 2.00 bits per heavy atom. The average Bonchev–Trinajstić information content (AvgIpc) is 3.06. The van der Waals surface area contributed by atoms with Crippen LogP contribution in [0.5, 0.6) is 0 Å². The van der Waals surface area contributed by atoms with Crippen LogP contribution in [0.1, 0.15) is 18.9 Å². The van der Waals surface area contributed by atoms with Gasteiger partial charge < -0.3 is 0 Å². The van der Waals surface area contributed by atoms with Crippen molar-refractivity contribution in [3.63, 3.8) is 0 Å². The lowest BCUT2D eigenvalue weighted by Gasteiger charge is -2.34. The number of hydrogen-bond donors (Lipinski definition) is 0. The molecule has 0 aromatic heterocycles. The predicted molar refractivity (Wildman–Crippen MR) is 113 cm³/mol. The van der Waals surface area contributed by atoms with Gasteiger partial charge in [0.25, 0.3) is 0 Å². The SMILES string of the molecule is CC1(CS(=O)(=O)c2ccccc2)CC(c2ccccc2)=NN1c1ccccc1. The molecule has 0 aliphatic carbocycles. The number of hydrazone groups is 1. The molecule has 1 atom stereocenters. The summed E-state index contributed by atoms with van der Waals surface area (Å²) in [5.74, 6) is -0.0151. The number of para-hydroxylation sites is 1. The van der Waals surface area contributed by atoms with Gasteiger partial charge in [-0.3, -0.25) is 5.01 Å². The first-order chi connectivity index (χ1) is 13.5. The molecule has 0 bridgehead atoms. The van der Waals surface area contributed by atoms with E-state index in [-0.39, 0.29) is 5.75 Å². The van der Waals surface area contributed by atoms with Gasteiger partial charge in [0.05, 0.1) is 27.6 Å². The minimum absolute atomic E-state index is 0.0151. The van der Waals surface area contributed by atoms with Crippen molar-refractivity contribution >= 4 is 21.2 Å². The van der Waals surface area contributed by atoms with Gasteiger partial charge in [0, 0.05) is 6.42 Å². The minimum Gasteiger partial charge on any atom is -0.258 e. The molecule has 0 spiro atoms. The third kappa shape index (κ3) is 3.58. The second-order valence-corrected chi connectivity index (χ2v) is 9.30.